The maximum atomic E-state index is 12.3. The second kappa shape index (κ2) is 6.82. The third-order valence-electron chi connectivity index (χ3n) is 2.95. The van der Waals surface area contributed by atoms with E-state index in [0.717, 1.165) is 5.56 Å². The first kappa shape index (κ1) is 15.7. The molecular weight excluding hydrogens is 308 g/mol. The number of aromatic nitrogens is 1. The van der Waals surface area contributed by atoms with Gasteiger partial charge in [0.2, 0.25) is 0 Å². The van der Waals surface area contributed by atoms with Crippen LogP contribution in [0.2, 0.25) is 0 Å². The predicted molar refractivity (Wildman–Crippen MR) is 84.4 cm³/mol. The lowest BCUT2D eigenvalue weighted by Crippen LogP contribution is -2.29. The summed E-state index contributed by atoms with van der Waals surface area (Å²) >= 11 is 6.44. The second-order valence-electron chi connectivity index (χ2n) is 4.63. The van der Waals surface area contributed by atoms with Crippen molar-refractivity contribution >= 4 is 46.3 Å². The van der Waals surface area contributed by atoms with Crippen molar-refractivity contribution in [2.45, 2.75) is 12.8 Å². The Bertz CT molecular complexity index is 611. The highest BCUT2D eigenvalue weighted by atomic mass is 32.2. The minimum atomic E-state index is -0.867. The second-order valence-corrected chi connectivity index (χ2v) is 6.30. The number of carbonyl (C=O) groups excluding carboxylic acids is 1. The van der Waals surface area contributed by atoms with E-state index < -0.39 is 5.97 Å². The van der Waals surface area contributed by atoms with E-state index in [0.29, 0.717) is 22.2 Å². The Balaban J connectivity index is 2.06. The quantitative estimate of drug-likeness (QED) is 0.506. The van der Waals surface area contributed by atoms with Crippen molar-refractivity contribution in [3.05, 3.63) is 35.0 Å². The molecule has 1 amide bonds. The Morgan fingerprint density at radius 3 is 2.76 bits per heavy atom. The average molecular weight is 323 g/mol. The first-order valence-electron chi connectivity index (χ1n) is 6.40. The van der Waals surface area contributed by atoms with Gasteiger partial charge >= 0.3 is 5.97 Å². The molecule has 1 aromatic heterocycles. The van der Waals surface area contributed by atoms with Crippen LogP contribution in [0.15, 0.2) is 29.4 Å². The van der Waals surface area contributed by atoms with E-state index in [4.69, 9.17) is 17.3 Å². The zero-order chi connectivity index (χ0) is 15.4. The lowest BCUT2D eigenvalue weighted by molar-refractivity contribution is -0.671. The van der Waals surface area contributed by atoms with Gasteiger partial charge in [-0.1, -0.05) is 24.0 Å². The fraction of sp³-hybridized carbons (Fsp3) is 0.286. The number of rotatable bonds is 5. The molecule has 0 radical (unpaired) electrons. The number of aryl methyl sites for hydroxylation is 1. The van der Waals surface area contributed by atoms with Crippen LogP contribution in [0.3, 0.4) is 0 Å². The van der Waals surface area contributed by atoms with E-state index in [9.17, 15) is 9.59 Å². The summed E-state index contributed by atoms with van der Waals surface area (Å²) in [4.78, 5) is 24.8. The van der Waals surface area contributed by atoms with Crippen LogP contribution in [-0.4, -0.2) is 32.7 Å². The van der Waals surface area contributed by atoms with Crippen molar-refractivity contribution in [3.63, 3.8) is 0 Å². The van der Waals surface area contributed by atoms with Gasteiger partial charge in [-0.15, -0.1) is 0 Å². The first-order chi connectivity index (χ1) is 9.97. The molecule has 1 fully saturated rings. The van der Waals surface area contributed by atoms with Gasteiger partial charge in [-0.3, -0.25) is 14.5 Å². The predicted octanol–water partition coefficient (Wildman–Crippen LogP) is 1.58. The van der Waals surface area contributed by atoms with Crippen LogP contribution >= 0.6 is 24.0 Å². The zero-order valence-electron chi connectivity index (χ0n) is 11.5. The Morgan fingerprint density at radius 1 is 1.48 bits per heavy atom. The summed E-state index contributed by atoms with van der Waals surface area (Å²) in [7, 11) is 1.92. The summed E-state index contributed by atoms with van der Waals surface area (Å²) in [6.07, 6.45) is 6.04. The van der Waals surface area contributed by atoms with Gasteiger partial charge in [0.1, 0.15) is 11.4 Å². The number of nitrogens with zero attached hydrogens (tertiary/aromatic N) is 2. The maximum Gasteiger partial charge on any atom is 0.303 e. The topological polar surface area (TPSA) is 61.5 Å². The molecule has 0 aliphatic carbocycles. The molecule has 0 unspecified atom stereocenters. The highest BCUT2D eigenvalue weighted by Gasteiger charge is 2.31. The number of hydrogen-bond donors (Lipinski definition) is 1. The van der Waals surface area contributed by atoms with Gasteiger partial charge in [0.25, 0.3) is 5.91 Å². The fourth-order valence-electron chi connectivity index (χ4n) is 1.84. The molecule has 1 aliphatic heterocycles. The average Bonchev–Trinajstić information content (AvgIpc) is 2.68. The molecule has 2 rings (SSSR count). The van der Waals surface area contributed by atoms with Gasteiger partial charge < -0.3 is 5.11 Å². The third kappa shape index (κ3) is 4.12. The summed E-state index contributed by atoms with van der Waals surface area (Å²) in [5.41, 5.74) is 0.930. The van der Waals surface area contributed by atoms with E-state index >= 15 is 0 Å². The Morgan fingerprint density at radius 2 is 2.14 bits per heavy atom. The molecule has 0 saturated carbocycles. The van der Waals surface area contributed by atoms with Crippen molar-refractivity contribution < 1.29 is 19.3 Å². The fourth-order valence-corrected chi connectivity index (χ4v) is 3.15. The Labute approximate surface area is 132 Å². The minimum absolute atomic E-state index is 0.0330. The van der Waals surface area contributed by atoms with Crippen LogP contribution in [0.1, 0.15) is 18.4 Å². The van der Waals surface area contributed by atoms with Gasteiger partial charge in [-0.25, -0.2) is 4.57 Å². The molecule has 0 bridgehead atoms. The summed E-state index contributed by atoms with van der Waals surface area (Å²) in [6, 6.07) is 3.83. The lowest BCUT2D eigenvalue weighted by atomic mass is 10.2. The van der Waals surface area contributed by atoms with Crippen molar-refractivity contribution in [1.82, 2.24) is 4.90 Å². The summed E-state index contributed by atoms with van der Waals surface area (Å²) < 4.78 is 2.40. The number of thiocarbonyl (C=S) groups is 1. The standard InChI is InChI=1S/C14H14N2O3S2/c1-15-7-4-10(5-8-15)9-11-13(19)16(14(20)21-11)6-2-3-12(17)18/h4-5,7-9H,2-3,6H2,1H3/p+1/b11-9-. The largest absolute Gasteiger partial charge is 0.481 e. The molecule has 110 valence electrons. The van der Waals surface area contributed by atoms with Gasteiger partial charge in [-0.05, 0) is 18.1 Å². The smallest absolute Gasteiger partial charge is 0.303 e. The van der Waals surface area contributed by atoms with Gasteiger partial charge in [0.15, 0.2) is 12.4 Å². The molecule has 1 N–H and O–H groups in total. The molecule has 7 heteroatoms. The summed E-state index contributed by atoms with van der Waals surface area (Å²) in [5, 5.41) is 8.63. The lowest BCUT2D eigenvalue weighted by Gasteiger charge is -2.13. The number of carboxylic acid groups (broad SMARTS) is 1. The summed E-state index contributed by atoms with van der Waals surface area (Å²) in [5.74, 6) is -1.02. The maximum absolute atomic E-state index is 12.3. The number of aliphatic carboxylic acids is 1. The van der Waals surface area contributed by atoms with Gasteiger partial charge in [0.05, 0.1) is 4.91 Å². The molecule has 21 heavy (non-hydrogen) atoms. The van der Waals surface area contributed by atoms with Crippen LogP contribution in [0, 0.1) is 0 Å². The van der Waals surface area contributed by atoms with Crippen LogP contribution in [0.25, 0.3) is 6.08 Å². The highest BCUT2D eigenvalue weighted by molar-refractivity contribution is 8.26. The van der Waals surface area contributed by atoms with E-state index in [1.165, 1.54) is 16.7 Å². The number of pyridine rings is 1. The molecule has 1 aliphatic rings. The number of carbonyl (C=O) groups is 2. The van der Waals surface area contributed by atoms with Crippen LogP contribution < -0.4 is 4.57 Å². The SMILES string of the molecule is C[n+]1ccc(/C=C2\SC(=S)N(CCCC(=O)O)C2=O)cc1. The van der Waals surface area contributed by atoms with Crippen molar-refractivity contribution in [3.8, 4) is 0 Å². The van der Waals surface area contributed by atoms with Crippen LogP contribution in [0.4, 0.5) is 0 Å². The van der Waals surface area contributed by atoms with Gasteiger partial charge in [0, 0.05) is 25.1 Å². The third-order valence-corrected chi connectivity index (χ3v) is 4.33. The first-order valence-corrected chi connectivity index (χ1v) is 7.62. The van der Waals surface area contributed by atoms with Crippen molar-refractivity contribution in [1.29, 1.82) is 0 Å². The number of thioether (sulfide) groups is 1. The van der Waals surface area contributed by atoms with Crippen LogP contribution in [0.5, 0.6) is 0 Å². The molecule has 0 spiro atoms. The minimum Gasteiger partial charge on any atom is -0.481 e. The Kier molecular flexibility index (Phi) is 5.08. The number of amides is 1. The molecule has 2 heterocycles. The molecule has 1 aromatic rings. The zero-order valence-corrected chi connectivity index (χ0v) is 13.1. The Hall–Kier alpha value is -1.73. The molecular formula is C14H15N2O3S2+. The molecule has 5 nitrogen and oxygen atoms in total. The molecule has 1 saturated heterocycles. The van der Waals surface area contributed by atoms with Crippen molar-refractivity contribution in [2.75, 3.05) is 6.54 Å². The van der Waals surface area contributed by atoms with E-state index in [1.807, 2.05) is 36.1 Å². The van der Waals surface area contributed by atoms with Crippen LogP contribution in [-0.2, 0) is 16.6 Å². The van der Waals surface area contributed by atoms with E-state index in [2.05, 4.69) is 0 Å². The highest BCUT2D eigenvalue weighted by Crippen LogP contribution is 2.32. The monoisotopic (exact) mass is 323 g/mol. The van der Waals surface area contributed by atoms with Gasteiger partial charge in [-0.2, -0.15) is 0 Å². The molecule has 0 atom stereocenters. The van der Waals surface area contributed by atoms with Crippen molar-refractivity contribution in [2.24, 2.45) is 7.05 Å². The van der Waals surface area contributed by atoms with E-state index in [-0.39, 0.29) is 12.3 Å². The molecule has 0 aromatic carbocycles. The van der Waals surface area contributed by atoms with E-state index in [1.54, 1.807) is 6.08 Å². The summed E-state index contributed by atoms with van der Waals surface area (Å²) in [6.45, 7) is 0.345. The number of hydrogen-bond acceptors (Lipinski definition) is 4. The number of carboxylic acids is 1. The normalized spacial score (nSPS) is 16.8.